The number of hydrogen-bond donors (Lipinski definition) is 0. The molecule has 0 nitrogen and oxygen atoms in total. The van der Waals surface area contributed by atoms with Crippen LogP contribution in [0.1, 0.15) is 45.4 Å². The molecule has 1 spiro atoms. The topological polar surface area (TPSA) is 0 Å². The van der Waals surface area contributed by atoms with E-state index in [1.54, 1.807) is 38.5 Å². The summed E-state index contributed by atoms with van der Waals surface area (Å²) in [5.41, 5.74) is 1.96. The van der Waals surface area contributed by atoms with Crippen LogP contribution >= 0.6 is 8.58 Å². The van der Waals surface area contributed by atoms with E-state index in [-0.39, 0.29) is 0 Å². The van der Waals surface area contributed by atoms with Gasteiger partial charge >= 0.3 is 0 Å². The molecular weight excluding hydrogens is 163 g/mol. The first-order valence-electron chi connectivity index (χ1n) is 5.41. The van der Waals surface area contributed by atoms with Crippen LogP contribution in [0.5, 0.6) is 0 Å². The van der Waals surface area contributed by atoms with Crippen molar-refractivity contribution < 1.29 is 0 Å². The van der Waals surface area contributed by atoms with Crippen LogP contribution in [0.25, 0.3) is 0 Å². The summed E-state index contributed by atoms with van der Waals surface area (Å²) in [7, 11) is 1.20. The lowest BCUT2D eigenvalue weighted by Gasteiger charge is -2.50. The quantitative estimate of drug-likeness (QED) is 0.546. The lowest BCUT2D eigenvalue weighted by atomic mass is 9.56. The Balaban J connectivity index is 1.83. The zero-order valence-electron chi connectivity index (χ0n) is 8.40. The fourth-order valence-electron chi connectivity index (χ4n) is 3.35. The second-order valence-electron chi connectivity index (χ2n) is 5.08. The second-order valence-corrected chi connectivity index (χ2v) is 6.47. The SMILES string of the molecule is CPC1CCC2(CC1)CC(C)C2. The molecule has 0 aromatic rings. The molecule has 0 radical (unpaired) electrons. The summed E-state index contributed by atoms with van der Waals surface area (Å²) in [4.78, 5) is 0. The van der Waals surface area contributed by atoms with Crippen molar-refractivity contribution in [2.45, 2.75) is 51.1 Å². The highest BCUT2D eigenvalue weighted by molar-refractivity contribution is 7.37. The highest BCUT2D eigenvalue weighted by Gasteiger charge is 2.43. The molecule has 2 rings (SSSR count). The minimum absolute atomic E-state index is 0.857. The van der Waals surface area contributed by atoms with Crippen LogP contribution in [0.15, 0.2) is 0 Å². The van der Waals surface area contributed by atoms with Gasteiger partial charge in [0.2, 0.25) is 0 Å². The van der Waals surface area contributed by atoms with Crippen molar-refractivity contribution in [2.75, 3.05) is 6.66 Å². The lowest BCUT2D eigenvalue weighted by Crippen LogP contribution is -2.39. The lowest BCUT2D eigenvalue weighted by molar-refractivity contribution is 0.0258. The molecule has 2 aliphatic carbocycles. The van der Waals surface area contributed by atoms with Gasteiger partial charge < -0.3 is 0 Å². The fourth-order valence-corrected chi connectivity index (χ4v) is 4.21. The predicted octanol–water partition coefficient (Wildman–Crippen LogP) is 3.65. The molecule has 0 N–H and O–H groups in total. The Labute approximate surface area is 78.3 Å². The molecule has 1 atom stereocenters. The van der Waals surface area contributed by atoms with E-state index in [1.807, 2.05) is 0 Å². The Bertz CT molecular complexity index is 148. The monoisotopic (exact) mass is 184 g/mol. The molecule has 0 bridgehead atoms. The molecule has 2 saturated carbocycles. The van der Waals surface area contributed by atoms with E-state index in [9.17, 15) is 0 Å². The summed E-state index contributed by atoms with van der Waals surface area (Å²) in [5.74, 6) is 1.05. The van der Waals surface area contributed by atoms with Crippen molar-refractivity contribution in [1.29, 1.82) is 0 Å². The third kappa shape index (κ3) is 1.55. The normalized spacial score (nSPS) is 48.5. The van der Waals surface area contributed by atoms with Gasteiger partial charge in [0.05, 0.1) is 0 Å². The molecule has 1 heteroatoms. The maximum absolute atomic E-state index is 2.42. The van der Waals surface area contributed by atoms with Crippen LogP contribution in [0.3, 0.4) is 0 Å². The first-order valence-corrected chi connectivity index (χ1v) is 6.99. The highest BCUT2D eigenvalue weighted by atomic mass is 31.1. The molecule has 0 aliphatic heterocycles. The minimum Gasteiger partial charge on any atom is -0.122 e. The largest absolute Gasteiger partial charge is 0.122 e. The first kappa shape index (κ1) is 9.00. The summed E-state index contributed by atoms with van der Waals surface area (Å²) < 4.78 is 0. The summed E-state index contributed by atoms with van der Waals surface area (Å²) in [6.45, 7) is 4.80. The van der Waals surface area contributed by atoms with Crippen molar-refractivity contribution in [2.24, 2.45) is 11.3 Å². The van der Waals surface area contributed by atoms with E-state index in [0.717, 1.165) is 17.0 Å². The van der Waals surface area contributed by atoms with Gasteiger partial charge in [-0.3, -0.25) is 0 Å². The molecule has 2 fully saturated rings. The van der Waals surface area contributed by atoms with Crippen molar-refractivity contribution in [3.8, 4) is 0 Å². The molecule has 0 aromatic heterocycles. The van der Waals surface area contributed by atoms with E-state index in [1.165, 1.54) is 8.58 Å². The summed E-state index contributed by atoms with van der Waals surface area (Å²) in [6, 6.07) is 0. The average Bonchev–Trinajstić information content (AvgIpc) is 2.04. The van der Waals surface area contributed by atoms with Gasteiger partial charge in [0.15, 0.2) is 0 Å². The molecule has 12 heavy (non-hydrogen) atoms. The van der Waals surface area contributed by atoms with Gasteiger partial charge in [-0.05, 0) is 62.2 Å². The third-order valence-electron chi connectivity index (χ3n) is 4.02. The van der Waals surface area contributed by atoms with Gasteiger partial charge in [0.1, 0.15) is 0 Å². The zero-order chi connectivity index (χ0) is 8.60. The summed E-state index contributed by atoms with van der Waals surface area (Å²) >= 11 is 0. The predicted molar refractivity (Wildman–Crippen MR) is 57.3 cm³/mol. The van der Waals surface area contributed by atoms with Crippen molar-refractivity contribution >= 4 is 8.58 Å². The maximum Gasteiger partial charge on any atom is -0.0239 e. The van der Waals surface area contributed by atoms with E-state index in [2.05, 4.69) is 13.6 Å². The van der Waals surface area contributed by atoms with Crippen molar-refractivity contribution in [3.63, 3.8) is 0 Å². The van der Waals surface area contributed by atoms with Crippen molar-refractivity contribution in [1.82, 2.24) is 0 Å². The molecule has 0 amide bonds. The Hall–Kier alpha value is 0.430. The average molecular weight is 184 g/mol. The Morgan fingerprint density at radius 3 is 2.17 bits per heavy atom. The van der Waals surface area contributed by atoms with Gasteiger partial charge in [-0.1, -0.05) is 6.92 Å². The van der Waals surface area contributed by atoms with E-state index < -0.39 is 0 Å². The molecule has 70 valence electrons. The zero-order valence-corrected chi connectivity index (χ0v) is 9.40. The number of hydrogen-bond acceptors (Lipinski definition) is 0. The second kappa shape index (κ2) is 3.29. The minimum atomic E-state index is 0.857. The van der Waals surface area contributed by atoms with Crippen LogP contribution in [0.2, 0.25) is 0 Å². The maximum atomic E-state index is 2.42. The van der Waals surface area contributed by atoms with Gasteiger partial charge in [0, 0.05) is 0 Å². The van der Waals surface area contributed by atoms with Gasteiger partial charge in [-0.2, -0.15) is 0 Å². The van der Waals surface area contributed by atoms with E-state index in [0.29, 0.717) is 0 Å². The van der Waals surface area contributed by atoms with Crippen LogP contribution in [0, 0.1) is 11.3 Å². The summed E-state index contributed by atoms with van der Waals surface area (Å²) in [6.07, 6.45) is 9.30. The molecular formula is C11H21P. The fraction of sp³-hybridized carbons (Fsp3) is 1.00. The molecule has 1 unspecified atom stereocenters. The van der Waals surface area contributed by atoms with Crippen LogP contribution in [-0.2, 0) is 0 Å². The third-order valence-corrected chi connectivity index (χ3v) is 5.41. The Morgan fingerprint density at radius 2 is 1.75 bits per heavy atom. The highest BCUT2D eigenvalue weighted by Crippen LogP contribution is 2.55. The molecule has 0 saturated heterocycles. The number of rotatable bonds is 1. The van der Waals surface area contributed by atoms with Gasteiger partial charge in [-0.15, -0.1) is 8.58 Å². The Morgan fingerprint density at radius 1 is 1.17 bits per heavy atom. The Kier molecular flexibility index (Phi) is 2.47. The van der Waals surface area contributed by atoms with Gasteiger partial charge in [0.25, 0.3) is 0 Å². The van der Waals surface area contributed by atoms with E-state index in [4.69, 9.17) is 0 Å². The molecule has 0 aromatic carbocycles. The van der Waals surface area contributed by atoms with Crippen LogP contribution < -0.4 is 0 Å². The van der Waals surface area contributed by atoms with Crippen LogP contribution in [-0.4, -0.2) is 12.3 Å². The smallest absolute Gasteiger partial charge is 0.0239 e. The van der Waals surface area contributed by atoms with E-state index >= 15 is 0 Å². The first-order chi connectivity index (χ1) is 5.74. The molecule has 2 aliphatic rings. The van der Waals surface area contributed by atoms with Crippen molar-refractivity contribution in [3.05, 3.63) is 0 Å². The standard InChI is InChI=1S/C11H21P/c1-9-7-11(8-9)5-3-10(12-2)4-6-11/h9-10,12H,3-8H2,1-2H3. The summed E-state index contributed by atoms with van der Waals surface area (Å²) in [5, 5.41) is 0. The molecule has 0 heterocycles. The van der Waals surface area contributed by atoms with Crippen LogP contribution in [0.4, 0.5) is 0 Å². The van der Waals surface area contributed by atoms with Gasteiger partial charge in [-0.25, -0.2) is 0 Å².